The van der Waals surface area contributed by atoms with E-state index < -0.39 is 15.7 Å². The molecule has 0 bridgehead atoms. The fourth-order valence-electron chi connectivity index (χ4n) is 0.876. The highest BCUT2D eigenvalue weighted by Crippen LogP contribution is 2.16. The lowest BCUT2D eigenvalue weighted by atomic mass is 10.2. The van der Waals surface area contributed by atoms with E-state index in [9.17, 15) is 8.60 Å². The van der Waals surface area contributed by atoms with Crippen molar-refractivity contribution >= 4 is 33.1 Å². The molecule has 0 spiro atoms. The van der Waals surface area contributed by atoms with Gasteiger partial charge in [0, 0.05) is 16.3 Å². The molecule has 5 heteroatoms. The molecule has 1 atom stereocenters. The summed E-state index contributed by atoms with van der Waals surface area (Å²) in [6.07, 6.45) is 1.31. The Morgan fingerprint density at radius 3 is 2.62 bits per heavy atom. The molecule has 0 unspecified atom stereocenters. The molecule has 1 aromatic rings. The van der Waals surface area contributed by atoms with Crippen LogP contribution < -0.4 is 0 Å². The smallest absolute Gasteiger partial charge is 0.144 e. The van der Waals surface area contributed by atoms with Crippen LogP contribution in [-0.2, 0) is 11.0 Å². The van der Waals surface area contributed by atoms with Gasteiger partial charge in [0.2, 0.25) is 0 Å². The van der Waals surface area contributed by atoms with Crippen molar-refractivity contribution < 1.29 is 8.60 Å². The second-order valence-corrected chi connectivity index (χ2v) is 7.11. The molecule has 0 saturated heterocycles. The first-order chi connectivity index (χ1) is 7.30. The molecular formula is C11H13BrFNOS. The third-order valence-electron chi connectivity index (χ3n) is 1.77. The van der Waals surface area contributed by atoms with Crippen LogP contribution in [0, 0.1) is 5.82 Å². The minimum atomic E-state index is -1.37. The number of benzene rings is 1. The molecule has 0 radical (unpaired) electrons. The van der Waals surface area contributed by atoms with Crippen molar-refractivity contribution in [2.75, 3.05) is 0 Å². The molecule has 0 saturated carbocycles. The topological polar surface area (TPSA) is 29.4 Å². The van der Waals surface area contributed by atoms with Crippen molar-refractivity contribution in [3.05, 3.63) is 34.1 Å². The summed E-state index contributed by atoms with van der Waals surface area (Å²) in [6.45, 7) is 5.45. The SMILES string of the molecule is CC(C)(C)[S@@](=O)/N=C/c1cc(Br)ccc1F. The predicted molar refractivity (Wildman–Crippen MR) is 69.6 cm³/mol. The summed E-state index contributed by atoms with van der Waals surface area (Å²) in [6, 6.07) is 4.54. The molecule has 2 nitrogen and oxygen atoms in total. The van der Waals surface area contributed by atoms with E-state index in [1.807, 2.05) is 20.8 Å². The third kappa shape index (κ3) is 3.79. The highest BCUT2D eigenvalue weighted by Gasteiger charge is 2.18. The molecule has 0 fully saturated rings. The second kappa shape index (κ2) is 5.19. The predicted octanol–water partition coefficient (Wildman–Crippen LogP) is 3.47. The molecular weight excluding hydrogens is 293 g/mol. The van der Waals surface area contributed by atoms with Crippen LogP contribution in [0.25, 0.3) is 0 Å². The number of rotatable bonds is 2. The van der Waals surface area contributed by atoms with Crippen LogP contribution in [0.4, 0.5) is 4.39 Å². The van der Waals surface area contributed by atoms with Gasteiger partial charge in [-0.05, 0) is 39.0 Å². The van der Waals surface area contributed by atoms with Crippen LogP contribution in [0.3, 0.4) is 0 Å². The van der Waals surface area contributed by atoms with Gasteiger partial charge in [0.05, 0.1) is 4.75 Å². The minimum absolute atomic E-state index is 0.326. The fraction of sp³-hybridized carbons (Fsp3) is 0.364. The Hall–Kier alpha value is -0.550. The largest absolute Gasteiger partial charge is 0.234 e. The number of hydrogen-bond donors (Lipinski definition) is 0. The van der Waals surface area contributed by atoms with Crippen LogP contribution in [-0.4, -0.2) is 15.2 Å². The van der Waals surface area contributed by atoms with E-state index >= 15 is 0 Å². The van der Waals surface area contributed by atoms with Gasteiger partial charge in [-0.25, -0.2) is 8.60 Å². The van der Waals surface area contributed by atoms with Crippen LogP contribution in [0.15, 0.2) is 27.1 Å². The molecule has 0 aromatic heterocycles. The lowest BCUT2D eigenvalue weighted by molar-refractivity contribution is 0.625. The van der Waals surface area contributed by atoms with Crippen LogP contribution in [0.2, 0.25) is 0 Å². The monoisotopic (exact) mass is 305 g/mol. The van der Waals surface area contributed by atoms with Gasteiger partial charge in [0.25, 0.3) is 0 Å². The zero-order valence-electron chi connectivity index (χ0n) is 9.33. The van der Waals surface area contributed by atoms with Crippen molar-refractivity contribution in [1.82, 2.24) is 0 Å². The van der Waals surface area contributed by atoms with Crippen LogP contribution in [0.5, 0.6) is 0 Å². The van der Waals surface area contributed by atoms with E-state index in [-0.39, 0.29) is 5.82 Å². The van der Waals surface area contributed by atoms with Crippen molar-refractivity contribution in [1.29, 1.82) is 0 Å². The summed E-state index contributed by atoms with van der Waals surface area (Å²) in [5, 5.41) is 0. The average molecular weight is 306 g/mol. The first-order valence-electron chi connectivity index (χ1n) is 4.72. The van der Waals surface area contributed by atoms with Gasteiger partial charge in [-0.2, -0.15) is 4.40 Å². The zero-order valence-corrected chi connectivity index (χ0v) is 11.7. The lowest BCUT2D eigenvalue weighted by Gasteiger charge is -2.12. The normalized spacial score (nSPS) is 14.3. The third-order valence-corrected chi connectivity index (χ3v) is 3.61. The summed E-state index contributed by atoms with van der Waals surface area (Å²) in [7, 11) is -1.37. The summed E-state index contributed by atoms with van der Waals surface area (Å²) in [5.41, 5.74) is 0.326. The van der Waals surface area contributed by atoms with E-state index in [1.165, 1.54) is 12.3 Å². The van der Waals surface area contributed by atoms with E-state index in [0.29, 0.717) is 5.56 Å². The zero-order chi connectivity index (χ0) is 12.3. The highest BCUT2D eigenvalue weighted by molar-refractivity contribution is 9.10. The summed E-state index contributed by atoms with van der Waals surface area (Å²) in [4.78, 5) is 0. The molecule has 88 valence electrons. The highest BCUT2D eigenvalue weighted by atomic mass is 79.9. The van der Waals surface area contributed by atoms with Gasteiger partial charge >= 0.3 is 0 Å². The van der Waals surface area contributed by atoms with Crippen LogP contribution in [0.1, 0.15) is 26.3 Å². The van der Waals surface area contributed by atoms with Gasteiger partial charge in [-0.15, -0.1) is 0 Å². The van der Waals surface area contributed by atoms with E-state index in [0.717, 1.165) is 4.47 Å². The van der Waals surface area contributed by atoms with Crippen molar-refractivity contribution in [2.24, 2.45) is 4.40 Å². The molecule has 0 amide bonds. The summed E-state index contributed by atoms with van der Waals surface area (Å²) in [5.74, 6) is -0.377. The number of halogens is 2. The quantitative estimate of drug-likeness (QED) is 0.769. The molecule has 1 aromatic carbocycles. The van der Waals surface area contributed by atoms with Crippen molar-refractivity contribution in [3.8, 4) is 0 Å². The summed E-state index contributed by atoms with van der Waals surface area (Å²) >= 11 is 3.24. The Balaban J connectivity index is 2.93. The van der Waals surface area contributed by atoms with Gasteiger partial charge < -0.3 is 0 Å². The fourth-order valence-corrected chi connectivity index (χ4v) is 1.78. The second-order valence-electron chi connectivity index (χ2n) is 4.26. The molecule has 0 aliphatic carbocycles. The average Bonchev–Trinajstić information content (AvgIpc) is 2.17. The standard InChI is InChI=1S/C11H13BrFNOS/c1-11(2,3)16(15)14-7-8-6-9(12)4-5-10(8)13/h4-7H,1-3H3/b14-7+/t16-/m1/s1. The molecule has 0 aliphatic rings. The van der Waals surface area contributed by atoms with Gasteiger partial charge in [0.15, 0.2) is 0 Å². The Morgan fingerprint density at radius 1 is 1.44 bits per heavy atom. The number of hydrogen-bond acceptors (Lipinski definition) is 1. The summed E-state index contributed by atoms with van der Waals surface area (Å²) < 4.78 is 29.1. The van der Waals surface area contributed by atoms with Gasteiger partial charge in [-0.3, -0.25) is 0 Å². The maximum atomic E-state index is 13.3. The maximum Gasteiger partial charge on any atom is 0.144 e. The lowest BCUT2D eigenvalue weighted by Crippen LogP contribution is -2.19. The van der Waals surface area contributed by atoms with Crippen LogP contribution >= 0.6 is 15.9 Å². The van der Waals surface area contributed by atoms with Gasteiger partial charge in [0.1, 0.15) is 16.8 Å². The molecule has 0 aliphatic heterocycles. The van der Waals surface area contributed by atoms with Crippen molar-refractivity contribution in [2.45, 2.75) is 25.5 Å². The Kier molecular flexibility index (Phi) is 4.38. The van der Waals surface area contributed by atoms with E-state index in [1.54, 1.807) is 12.1 Å². The number of nitrogens with zero attached hydrogens (tertiary/aromatic N) is 1. The van der Waals surface area contributed by atoms with E-state index in [4.69, 9.17) is 0 Å². The molecule has 0 N–H and O–H groups in total. The molecule has 0 heterocycles. The minimum Gasteiger partial charge on any atom is -0.234 e. The Labute approximate surface area is 106 Å². The Bertz CT molecular complexity index is 440. The maximum absolute atomic E-state index is 13.3. The van der Waals surface area contributed by atoms with Crippen molar-refractivity contribution in [3.63, 3.8) is 0 Å². The molecule has 16 heavy (non-hydrogen) atoms. The first-order valence-corrected chi connectivity index (χ1v) is 6.62. The Morgan fingerprint density at radius 2 is 2.06 bits per heavy atom. The van der Waals surface area contributed by atoms with E-state index in [2.05, 4.69) is 20.3 Å². The molecule has 1 rings (SSSR count). The van der Waals surface area contributed by atoms with Gasteiger partial charge in [-0.1, -0.05) is 15.9 Å². The first kappa shape index (κ1) is 13.5.